The zero-order valence-corrected chi connectivity index (χ0v) is 19.6. The zero-order chi connectivity index (χ0) is 23.3. The molecule has 0 spiro atoms. The molecule has 1 atom stereocenters. The summed E-state index contributed by atoms with van der Waals surface area (Å²) in [4.78, 5) is 13.1. The van der Waals surface area contributed by atoms with E-state index in [4.69, 9.17) is 16.3 Å². The SMILES string of the molecule is COc1ccc(S(=O)(=O)N[C@@H](Cc2ccccc2)C(=O)Nc2ccc(C)c(C)c2)cc1Cl. The van der Waals surface area contributed by atoms with E-state index in [0.29, 0.717) is 11.4 Å². The van der Waals surface area contributed by atoms with Crippen molar-refractivity contribution >= 4 is 33.2 Å². The topological polar surface area (TPSA) is 84.5 Å². The van der Waals surface area contributed by atoms with Gasteiger partial charge in [0.15, 0.2) is 0 Å². The Kier molecular flexibility index (Phi) is 7.56. The molecule has 0 bridgehead atoms. The molecular formula is C24H25ClN2O4S. The highest BCUT2D eigenvalue weighted by Crippen LogP contribution is 2.27. The first-order valence-corrected chi connectivity index (χ1v) is 11.8. The van der Waals surface area contributed by atoms with Gasteiger partial charge in [0.25, 0.3) is 0 Å². The molecule has 0 saturated carbocycles. The second-order valence-electron chi connectivity index (χ2n) is 7.45. The predicted octanol–water partition coefficient (Wildman–Crippen LogP) is 4.49. The number of carbonyl (C=O) groups is 1. The average Bonchev–Trinajstić information content (AvgIpc) is 2.76. The molecular weight excluding hydrogens is 448 g/mol. The smallest absolute Gasteiger partial charge is 0.242 e. The van der Waals surface area contributed by atoms with Crippen LogP contribution in [0.1, 0.15) is 16.7 Å². The third-order valence-electron chi connectivity index (χ3n) is 5.10. The van der Waals surface area contributed by atoms with Crippen LogP contribution in [-0.4, -0.2) is 27.5 Å². The maximum absolute atomic E-state index is 13.1. The van der Waals surface area contributed by atoms with Gasteiger partial charge in [-0.25, -0.2) is 8.42 Å². The number of nitrogens with one attached hydrogen (secondary N) is 2. The fraction of sp³-hybridized carbons (Fsp3) is 0.208. The van der Waals surface area contributed by atoms with E-state index >= 15 is 0 Å². The lowest BCUT2D eigenvalue weighted by atomic mass is 10.1. The maximum atomic E-state index is 13.1. The fourth-order valence-corrected chi connectivity index (χ4v) is 4.70. The van der Waals surface area contributed by atoms with E-state index in [1.165, 1.54) is 25.3 Å². The lowest BCUT2D eigenvalue weighted by Crippen LogP contribution is -2.45. The average molecular weight is 473 g/mol. The summed E-state index contributed by atoms with van der Waals surface area (Å²) in [6, 6.07) is 17.9. The largest absolute Gasteiger partial charge is 0.495 e. The molecule has 0 aromatic heterocycles. The number of halogens is 1. The maximum Gasteiger partial charge on any atom is 0.242 e. The molecule has 1 amide bonds. The quantitative estimate of drug-likeness (QED) is 0.505. The van der Waals surface area contributed by atoms with Gasteiger partial charge in [-0.3, -0.25) is 4.79 Å². The lowest BCUT2D eigenvalue weighted by molar-refractivity contribution is -0.117. The van der Waals surface area contributed by atoms with Crippen molar-refractivity contribution in [3.8, 4) is 5.75 Å². The molecule has 0 aliphatic heterocycles. The Morgan fingerprint density at radius 1 is 1.00 bits per heavy atom. The third kappa shape index (κ3) is 5.88. The van der Waals surface area contributed by atoms with Crippen LogP contribution in [0.5, 0.6) is 5.75 Å². The summed E-state index contributed by atoms with van der Waals surface area (Å²) in [6.07, 6.45) is 0.181. The first-order chi connectivity index (χ1) is 15.2. The van der Waals surface area contributed by atoms with E-state index in [2.05, 4.69) is 10.0 Å². The first-order valence-electron chi connectivity index (χ1n) is 9.97. The third-order valence-corrected chi connectivity index (χ3v) is 6.87. The van der Waals surface area contributed by atoms with E-state index in [0.717, 1.165) is 16.7 Å². The molecule has 0 aliphatic rings. The van der Waals surface area contributed by atoms with E-state index in [1.54, 1.807) is 6.07 Å². The number of benzene rings is 3. The van der Waals surface area contributed by atoms with Gasteiger partial charge in [-0.05, 0) is 67.3 Å². The van der Waals surface area contributed by atoms with Crippen molar-refractivity contribution in [2.24, 2.45) is 0 Å². The minimum absolute atomic E-state index is 0.0552. The first kappa shape index (κ1) is 23.8. The van der Waals surface area contributed by atoms with Crippen molar-refractivity contribution in [3.05, 3.63) is 88.4 Å². The van der Waals surface area contributed by atoms with Crippen LogP contribution in [0, 0.1) is 13.8 Å². The van der Waals surface area contributed by atoms with Gasteiger partial charge < -0.3 is 10.1 Å². The lowest BCUT2D eigenvalue weighted by Gasteiger charge is -2.19. The van der Waals surface area contributed by atoms with Crippen molar-refractivity contribution in [3.63, 3.8) is 0 Å². The number of amides is 1. The number of carbonyl (C=O) groups excluding carboxylic acids is 1. The highest BCUT2D eigenvalue weighted by Gasteiger charge is 2.27. The Balaban J connectivity index is 1.88. The van der Waals surface area contributed by atoms with Crippen molar-refractivity contribution < 1.29 is 17.9 Å². The van der Waals surface area contributed by atoms with Crippen LogP contribution in [0.15, 0.2) is 71.6 Å². The molecule has 3 aromatic carbocycles. The highest BCUT2D eigenvalue weighted by atomic mass is 35.5. The Labute approximate surface area is 193 Å². The molecule has 3 rings (SSSR count). The van der Waals surface area contributed by atoms with Crippen molar-refractivity contribution in [1.82, 2.24) is 4.72 Å². The number of ether oxygens (including phenoxy) is 1. The molecule has 0 heterocycles. The Bertz CT molecular complexity index is 1210. The van der Waals surface area contributed by atoms with Crippen LogP contribution in [0.4, 0.5) is 5.69 Å². The standard InChI is InChI=1S/C24H25ClN2O4S/c1-16-9-10-19(13-17(16)2)26-24(28)22(14-18-7-5-4-6-8-18)27-32(29,30)20-11-12-23(31-3)21(25)15-20/h4-13,15,22,27H,14H2,1-3H3,(H,26,28)/t22-/m0/s1. The van der Waals surface area contributed by atoms with Crippen LogP contribution in [0.25, 0.3) is 0 Å². The predicted molar refractivity (Wildman–Crippen MR) is 127 cm³/mol. The summed E-state index contributed by atoms with van der Waals surface area (Å²) in [5.41, 5.74) is 3.54. The second kappa shape index (κ2) is 10.2. The van der Waals surface area contributed by atoms with Crippen molar-refractivity contribution in [1.29, 1.82) is 0 Å². The van der Waals surface area contributed by atoms with Gasteiger partial charge in [-0.2, -0.15) is 4.72 Å². The van der Waals surface area contributed by atoms with Crippen LogP contribution >= 0.6 is 11.6 Å². The van der Waals surface area contributed by atoms with E-state index in [9.17, 15) is 13.2 Å². The number of sulfonamides is 1. The van der Waals surface area contributed by atoms with Gasteiger partial charge in [0.05, 0.1) is 17.0 Å². The summed E-state index contributed by atoms with van der Waals surface area (Å²) in [6.45, 7) is 3.93. The molecule has 8 heteroatoms. The summed E-state index contributed by atoms with van der Waals surface area (Å²) >= 11 is 6.10. The number of aryl methyl sites for hydroxylation is 2. The Morgan fingerprint density at radius 3 is 2.34 bits per heavy atom. The van der Waals surface area contributed by atoms with Crippen LogP contribution < -0.4 is 14.8 Å². The van der Waals surface area contributed by atoms with Gasteiger partial charge in [0, 0.05) is 5.69 Å². The molecule has 0 fully saturated rings. The fourth-order valence-electron chi connectivity index (χ4n) is 3.16. The molecule has 0 radical (unpaired) electrons. The molecule has 32 heavy (non-hydrogen) atoms. The minimum Gasteiger partial charge on any atom is -0.495 e. The number of rotatable bonds is 8. The van der Waals surface area contributed by atoms with Gasteiger partial charge >= 0.3 is 0 Å². The van der Waals surface area contributed by atoms with E-state index in [1.807, 2.05) is 56.3 Å². The van der Waals surface area contributed by atoms with Crippen molar-refractivity contribution in [2.45, 2.75) is 31.2 Å². The number of hydrogen-bond donors (Lipinski definition) is 2. The molecule has 168 valence electrons. The normalized spacial score (nSPS) is 12.2. The van der Waals surface area contributed by atoms with Gasteiger partial charge in [0.2, 0.25) is 15.9 Å². The second-order valence-corrected chi connectivity index (χ2v) is 9.57. The Morgan fingerprint density at radius 2 is 1.72 bits per heavy atom. The van der Waals surface area contributed by atoms with Crippen LogP contribution in [0.2, 0.25) is 5.02 Å². The van der Waals surface area contributed by atoms with Crippen LogP contribution in [0.3, 0.4) is 0 Å². The van der Waals surface area contributed by atoms with Gasteiger partial charge in [0.1, 0.15) is 11.8 Å². The van der Waals surface area contributed by atoms with Crippen LogP contribution in [-0.2, 0) is 21.2 Å². The van der Waals surface area contributed by atoms with Gasteiger partial charge in [-0.1, -0.05) is 48.0 Å². The zero-order valence-electron chi connectivity index (χ0n) is 18.1. The summed E-state index contributed by atoms with van der Waals surface area (Å²) < 4.78 is 33.7. The number of anilines is 1. The molecule has 2 N–H and O–H groups in total. The van der Waals surface area contributed by atoms with Crippen molar-refractivity contribution in [2.75, 3.05) is 12.4 Å². The number of methoxy groups -OCH3 is 1. The summed E-state index contributed by atoms with van der Waals surface area (Å²) in [5, 5.41) is 2.98. The summed E-state index contributed by atoms with van der Waals surface area (Å²) in [7, 11) is -2.59. The van der Waals surface area contributed by atoms with E-state index < -0.39 is 22.0 Å². The molecule has 6 nitrogen and oxygen atoms in total. The van der Waals surface area contributed by atoms with Gasteiger partial charge in [-0.15, -0.1) is 0 Å². The number of hydrogen-bond acceptors (Lipinski definition) is 4. The highest BCUT2D eigenvalue weighted by molar-refractivity contribution is 7.89. The molecule has 0 saturated heterocycles. The Hall–Kier alpha value is -2.87. The minimum atomic E-state index is -4.03. The monoisotopic (exact) mass is 472 g/mol. The summed E-state index contributed by atoms with van der Waals surface area (Å²) in [5.74, 6) is -0.0979. The van der Waals surface area contributed by atoms with E-state index in [-0.39, 0.29) is 16.3 Å². The molecule has 3 aromatic rings. The molecule has 0 unspecified atom stereocenters. The molecule has 0 aliphatic carbocycles.